The Morgan fingerprint density at radius 2 is 1.85 bits per heavy atom. The summed E-state index contributed by atoms with van der Waals surface area (Å²) < 4.78 is 8.91. The second-order valence-corrected chi connectivity index (χ2v) is 5.08. The maximum atomic E-state index is 5.73. The van der Waals surface area contributed by atoms with Gasteiger partial charge >= 0.3 is 0 Å². The van der Waals surface area contributed by atoms with E-state index in [1.54, 1.807) is 35.2 Å². The van der Waals surface area contributed by atoms with Gasteiger partial charge in [0, 0.05) is 44.6 Å². The number of pyridine rings is 1. The predicted octanol–water partition coefficient (Wildman–Crippen LogP) is 3.19. The second kappa shape index (κ2) is 8.44. The molecule has 4 rings (SSSR count). The van der Waals surface area contributed by atoms with Gasteiger partial charge in [-0.3, -0.25) is 0 Å². The van der Waals surface area contributed by atoms with Gasteiger partial charge in [-0.1, -0.05) is 17.8 Å². The fourth-order valence-corrected chi connectivity index (χ4v) is 2.19. The molecule has 0 radical (unpaired) electrons. The summed E-state index contributed by atoms with van der Waals surface area (Å²) in [6.07, 6.45) is 8.31. The quantitative estimate of drug-likeness (QED) is 0.276. The fraction of sp³-hybridized carbons (Fsp3) is 0. The van der Waals surface area contributed by atoms with Crippen molar-refractivity contribution in [2.45, 2.75) is 0 Å². The van der Waals surface area contributed by atoms with E-state index in [0.717, 1.165) is 5.69 Å². The van der Waals surface area contributed by atoms with Crippen molar-refractivity contribution in [3.63, 3.8) is 0 Å². The van der Waals surface area contributed by atoms with Gasteiger partial charge in [-0.15, -0.1) is 16.9 Å². The fourth-order valence-electron chi connectivity index (χ4n) is 2.19. The molecule has 6 heteroatoms. The zero-order valence-electron chi connectivity index (χ0n) is 13.5. The normalized spacial score (nSPS) is 10.0. The van der Waals surface area contributed by atoms with E-state index < -0.39 is 0 Å². The third-order valence-electron chi connectivity index (χ3n) is 3.30. The molecule has 0 bridgehead atoms. The van der Waals surface area contributed by atoms with Gasteiger partial charge in [-0.25, -0.2) is 4.98 Å². The first-order valence-electron chi connectivity index (χ1n) is 7.66. The first-order chi connectivity index (χ1) is 12.4. The third kappa shape index (κ3) is 4.37. The van der Waals surface area contributed by atoms with E-state index in [2.05, 4.69) is 23.4 Å². The predicted molar refractivity (Wildman–Crippen MR) is 89.3 cm³/mol. The maximum absolute atomic E-state index is 5.73. The molecule has 0 saturated heterocycles. The van der Waals surface area contributed by atoms with Gasteiger partial charge < -0.3 is 14.1 Å². The van der Waals surface area contributed by atoms with Crippen LogP contribution < -0.4 is 14.1 Å². The molecule has 0 amide bonds. The molecule has 4 aromatic rings. The van der Waals surface area contributed by atoms with Crippen molar-refractivity contribution < 1.29 is 34.6 Å². The van der Waals surface area contributed by atoms with Crippen molar-refractivity contribution in [3.8, 4) is 23.1 Å². The molecule has 0 fully saturated rings. The number of benzene rings is 2. The van der Waals surface area contributed by atoms with Crippen molar-refractivity contribution in [2.24, 2.45) is 0 Å². The van der Waals surface area contributed by atoms with Gasteiger partial charge in [-0.05, 0) is 6.07 Å². The van der Waals surface area contributed by atoms with Crippen LogP contribution in [0.15, 0.2) is 79.3 Å². The second-order valence-electron chi connectivity index (χ2n) is 5.08. The first-order valence-corrected chi connectivity index (χ1v) is 7.66. The number of imidazole rings is 1. The van der Waals surface area contributed by atoms with Crippen molar-refractivity contribution in [1.29, 1.82) is 0 Å². The Morgan fingerprint density at radius 1 is 0.962 bits per heavy atom. The van der Waals surface area contributed by atoms with E-state index in [9.17, 15) is 0 Å². The molecule has 26 heavy (non-hydrogen) atoms. The summed E-state index contributed by atoms with van der Waals surface area (Å²) in [6.45, 7) is 0. The number of para-hydroxylation sites is 1. The Bertz CT molecular complexity index is 959. The third-order valence-corrected chi connectivity index (χ3v) is 3.30. The number of rotatable bonds is 5. The van der Waals surface area contributed by atoms with Gasteiger partial charge in [0.25, 0.3) is 6.33 Å². The van der Waals surface area contributed by atoms with E-state index in [1.165, 1.54) is 4.73 Å². The number of aromatic nitrogens is 3. The van der Waals surface area contributed by atoms with Gasteiger partial charge in [0.05, 0.1) is 11.9 Å². The van der Waals surface area contributed by atoms with Crippen LogP contribution in [0.4, 0.5) is 0 Å². The Morgan fingerprint density at radius 3 is 2.65 bits per heavy atom. The Kier molecular flexibility index (Phi) is 5.80. The molecule has 2 aromatic carbocycles. The van der Waals surface area contributed by atoms with Crippen LogP contribution in [0.3, 0.4) is 0 Å². The SMILES string of the molecule is [Pd].[c-]1c(Oc2ccccn2)cccc1On1[c-][n+](-c2[c-]cccc2)cc1. The minimum absolute atomic E-state index is 0. The molecule has 0 spiro atoms. The van der Waals surface area contributed by atoms with Crippen LogP contribution in [0.25, 0.3) is 5.69 Å². The van der Waals surface area contributed by atoms with Gasteiger partial charge in [0.15, 0.2) is 0 Å². The summed E-state index contributed by atoms with van der Waals surface area (Å²) in [7, 11) is 0. The van der Waals surface area contributed by atoms with Crippen LogP contribution in [0.1, 0.15) is 0 Å². The standard InChI is InChI=1S/C20H13N3O2.Pd/c1-2-7-17(8-3-1)22-13-14-23(16-22)25-19-10-6-9-18(15-19)24-20-11-4-5-12-21-20;/h1-7,9-14H;/q-2;. The molecule has 2 heterocycles. The summed E-state index contributed by atoms with van der Waals surface area (Å²) >= 11 is 0. The topological polar surface area (TPSA) is 40.2 Å². The average molecular weight is 434 g/mol. The molecule has 0 unspecified atom stereocenters. The summed E-state index contributed by atoms with van der Waals surface area (Å²) in [5, 5.41) is 0. The number of hydrogen-bond acceptors (Lipinski definition) is 3. The molecule has 2 aromatic heterocycles. The van der Waals surface area contributed by atoms with Crippen molar-refractivity contribution in [2.75, 3.05) is 0 Å². The minimum Gasteiger partial charge on any atom is -0.466 e. The van der Waals surface area contributed by atoms with Crippen LogP contribution in [0.5, 0.6) is 17.4 Å². The average Bonchev–Trinajstić information content (AvgIpc) is 3.12. The summed E-state index contributed by atoms with van der Waals surface area (Å²) in [4.78, 5) is 9.85. The van der Waals surface area contributed by atoms with E-state index in [0.29, 0.717) is 17.4 Å². The van der Waals surface area contributed by atoms with E-state index in [1.807, 2.05) is 48.7 Å². The van der Waals surface area contributed by atoms with Gasteiger partial charge in [0.2, 0.25) is 5.88 Å². The Balaban J connectivity index is 0.00000196. The molecule has 132 valence electrons. The van der Waals surface area contributed by atoms with Crippen molar-refractivity contribution >= 4 is 0 Å². The molecule has 0 atom stereocenters. The smallest absolute Gasteiger partial charge is 0.284 e. The van der Waals surface area contributed by atoms with E-state index in [-0.39, 0.29) is 20.4 Å². The summed E-state index contributed by atoms with van der Waals surface area (Å²) in [5.74, 6) is 1.53. The van der Waals surface area contributed by atoms with Crippen LogP contribution >= 0.6 is 0 Å². The van der Waals surface area contributed by atoms with Gasteiger partial charge in [-0.2, -0.15) is 36.4 Å². The number of nitrogens with zero attached hydrogens (tertiary/aromatic N) is 3. The maximum Gasteiger partial charge on any atom is 0.284 e. The number of ether oxygens (including phenoxy) is 1. The van der Waals surface area contributed by atoms with Crippen molar-refractivity contribution in [1.82, 2.24) is 9.71 Å². The number of hydrogen-bond donors (Lipinski definition) is 0. The van der Waals surface area contributed by atoms with E-state index in [4.69, 9.17) is 9.57 Å². The van der Waals surface area contributed by atoms with Crippen LogP contribution in [-0.4, -0.2) is 9.71 Å². The molecule has 0 aliphatic heterocycles. The molecule has 0 aliphatic carbocycles. The summed E-state index contributed by atoms with van der Waals surface area (Å²) in [6, 6.07) is 24.7. The zero-order chi connectivity index (χ0) is 16.9. The van der Waals surface area contributed by atoms with Crippen LogP contribution in [0, 0.1) is 18.5 Å². The molecule has 0 aliphatic rings. The van der Waals surface area contributed by atoms with Gasteiger partial charge in [0.1, 0.15) is 0 Å². The molecule has 0 N–H and O–H groups in total. The molecular weight excluding hydrogens is 421 g/mol. The van der Waals surface area contributed by atoms with Crippen LogP contribution in [-0.2, 0) is 20.4 Å². The summed E-state index contributed by atoms with van der Waals surface area (Å²) in [5.41, 5.74) is 0.876. The van der Waals surface area contributed by atoms with Crippen LogP contribution in [0.2, 0.25) is 0 Å². The molecule has 0 saturated carbocycles. The minimum atomic E-state index is 0. The van der Waals surface area contributed by atoms with Crippen molar-refractivity contribution in [3.05, 3.63) is 97.7 Å². The molecular formula is C20H13N3O2Pd-2. The van der Waals surface area contributed by atoms with E-state index >= 15 is 0 Å². The molecule has 5 nitrogen and oxygen atoms in total. The Labute approximate surface area is 165 Å². The zero-order valence-corrected chi connectivity index (χ0v) is 15.0. The Hall–Kier alpha value is -2.94. The largest absolute Gasteiger partial charge is 0.466 e. The first kappa shape index (κ1) is 17.9. The monoisotopic (exact) mass is 433 g/mol.